The van der Waals surface area contributed by atoms with E-state index in [0.717, 1.165) is 0 Å². The van der Waals surface area contributed by atoms with Gasteiger partial charge in [0.15, 0.2) is 0 Å². The zero-order chi connectivity index (χ0) is 12.6. The molecule has 1 aliphatic rings. The van der Waals surface area contributed by atoms with Gasteiger partial charge in [0.25, 0.3) is 0 Å². The van der Waals surface area contributed by atoms with Gasteiger partial charge in [0.1, 0.15) is 4.90 Å². The number of aliphatic hydroxyl groups excluding tert-OH is 1. The molecule has 1 aliphatic carbocycles. The van der Waals surface area contributed by atoms with E-state index in [1.807, 2.05) is 0 Å². The summed E-state index contributed by atoms with van der Waals surface area (Å²) >= 11 is 0. The number of rotatable bonds is 4. The molecule has 1 heterocycles. The first-order valence-electron chi connectivity index (χ1n) is 5.55. The van der Waals surface area contributed by atoms with Crippen LogP contribution in [-0.2, 0) is 10.0 Å². The number of aliphatic hydroxyl groups is 1. The van der Waals surface area contributed by atoms with Gasteiger partial charge < -0.3 is 5.11 Å². The average Bonchev–Trinajstić information content (AvgIpc) is 2.62. The van der Waals surface area contributed by atoms with Gasteiger partial charge in [0.05, 0.1) is 18.0 Å². The third-order valence-electron chi connectivity index (χ3n) is 3.20. The van der Waals surface area contributed by atoms with Crippen molar-refractivity contribution in [3.05, 3.63) is 11.9 Å². The number of sulfonamides is 1. The highest BCUT2D eigenvalue weighted by atomic mass is 32.2. The van der Waals surface area contributed by atoms with Crippen LogP contribution in [0.1, 0.15) is 18.5 Å². The molecule has 2 N–H and O–H groups in total. The molecule has 0 amide bonds. The first-order chi connectivity index (χ1) is 7.91. The summed E-state index contributed by atoms with van der Waals surface area (Å²) in [5.74, 6) is 0.261. The molecule has 0 bridgehead atoms. The standard InChI is InChI=1S/C10H17N3O3S/c1-7-10(5-11-12-7)17(15,16)13(2)6-8-3-9(14)4-8/h5,8-9,14H,3-4,6H2,1-2H3,(H,11,12). The molecule has 0 atom stereocenters. The number of aryl methyl sites for hydroxylation is 1. The molecule has 1 fully saturated rings. The number of aromatic amines is 1. The second-order valence-corrected chi connectivity index (χ2v) is 6.65. The van der Waals surface area contributed by atoms with Crippen LogP contribution in [-0.4, -0.2) is 47.7 Å². The van der Waals surface area contributed by atoms with E-state index in [-0.39, 0.29) is 16.9 Å². The maximum absolute atomic E-state index is 12.2. The minimum absolute atomic E-state index is 0.222. The van der Waals surface area contributed by atoms with Gasteiger partial charge >= 0.3 is 0 Å². The zero-order valence-electron chi connectivity index (χ0n) is 9.92. The normalized spacial score (nSPS) is 24.9. The quantitative estimate of drug-likeness (QED) is 0.803. The Balaban J connectivity index is 2.08. The van der Waals surface area contributed by atoms with E-state index >= 15 is 0 Å². The molecule has 0 aliphatic heterocycles. The van der Waals surface area contributed by atoms with Crippen molar-refractivity contribution in [3.63, 3.8) is 0 Å². The van der Waals surface area contributed by atoms with Crippen LogP contribution in [0.2, 0.25) is 0 Å². The predicted octanol–water partition coefficient (Wildman–Crippen LogP) is 0.110. The summed E-state index contributed by atoms with van der Waals surface area (Å²) < 4.78 is 25.7. The van der Waals surface area contributed by atoms with E-state index in [1.54, 1.807) is 14.0 Å². The maximum atomic E-state index is 12.2. The molecule has 96 valence electrons. The van der Waals surface area contributed by atoms with Crippen molar-refractivity contribution < 1.29 is 13.5 Å². The summed E-state index contributed by atoms with van der Waals surface area (Å²) in [6.45, 7) is 2.13. The summed E-state index contributed by atoms with van der Waals surface area (Å²) in [6, 6.07) is 0. The van der Waals surface area contributed by atoms with Crippen molar-refractivity contribution in [3.8, 4) is 0 Å². The van der Waals surface area contributed by atoms with Crippen LogP contribution >= 0.6 is 0 Å². The lowest BCUT2D eigenvalue weighted by Gasteiger charge is -2.33. The van der Waals surface area contributed by atoms with Crippen LogP contribution in [0.4, 0.5) is 0 Å². The topological polar surface area (TPSA) is 86.3 Å². The van der Waals surface area contributed by atoms with E-state index in [0.29, 0.717) is 25.1 Å². The first kappa shape index (κ1) is 12.5. The Hall–Kier alpha value is -0.920. The van der Waals surface area contributed by atoms with Crippen molar-refractivity contribution in [2.75, 3.05) is 13.6 Å². The molecule has 0 unspecified atom stereocenters. The molecule has 1 aromatic rings. The molecule has 7 heteroatoms. The summed E-state index contributed by atoms with van der Waals surface area (Å²) in [7, 11) is -1.90. The van der Waals surface area contributed by atoms with E-state index in [9.17, 15) is 13.5 Å². The van der Waals surface area contributed by atoms with Gasteiger partial charge in [-0.2, -0.15) is 5.10 Å². The lowest BCUT2D eigenvalue weighted by Crippen LogP contribution is -2.39. The Morgan fingerprint density at radius 2 is 2.24 bits per heavy atom. The van der Waals surface area contributed by atoms with Gasteiger partial charge in [-0.25, -0.2) is 12.7 Å². The van der Waals surface area contributed by atoms with Crippen molar-refractivity contribution in [2.45, 2.75) is 30.8 Å². The largest absolute Gasteiger partial charge is 0.393 e. The first-order valence-corrected chi connectivity index (χ1v) is 6.99. The van der Waals surface area contributed by atoms with Crippen LogP contribution in [0.3, 0.4) is 0 Å². The molecule has 6 nitrogen and oxygen atoms in total. The van der Waals surface area contributed by atoms with Crippen LogP contribution in [0.25, 0.3) is 0 Å². The fourth-order valence-electron chi connectivity index (χ4n) is 2.08. The molecule has 0 spiro atoms. The fraction of sp³-hybridized carbons (Fsp3) is 0.700. The molecule has 1 aromatic heterocycles. The molecule has 2 rings (SSSR count). The number of nitrogens with zero attached hydrogens (tertiary/aromatic N) is 2. The number of nitrogens with one attached hydrogen (secondary N) is 1. The summed E-state index contributed by atoms with van der Waals surface area (Å²) in [4.78, 5) is 0.222. The van der Waals surface area contributed by atoms with Crippen LogP contribution < -0.4 is 0 Å². The fourth-order valence-corrected chi connectivity index (χ4v) is 3.44. The maximum Gasteiger partial charge on any atom is 0.246 e. The van der Waals surface area contributed by atoms with E-state index in [1.165, 1.54) is 10.5 Å². The lowest BCUT2D eigenvalue weighted by molar-refractivity contribution is 0.0367. The average molecular weight is 259 g/mol. The Bertz CT molecular complexity index is 491. The van der Waals surface area contributed by atoms with Crippen molar-refractivity contribution >= 4 is 10.0 Å². The number of hydrogen-bond donors (Lipinski definition) is 2. The van der Waals surface area contributed by atoms with Crippen LogP contribution in [0.15, 0.2) is 11.1 Å². The van der Waals surface area contributed by atoms with Crippen molar-refractivity contribution in [1.29, 1.82) is 0 Å². The smallest absolute Gasteiger partial charge is 0.246 e. The highest BCUT2D eigenvalue weighted by Crippen LogP contribution is 2.29. The second-order valence-electron chi connectivity index (χ2n) is 4.64. The molecule has 1 saturated carbocycles. The van der Waals surface area contributed by atoms with Gasteiger partial charge in [-0.1, -0.05) is 0 Å². The molecule has 0 radical (unpaired) electrons. The van der Waals surface area contributed by atoms with Gasteiger partial charge in [-0.15, -0.1) is 0 Å². The number of H-pyrrole nitrogens is 1. The summed E-state index contributed by atoms with van der Waals surface area (Å²) in [6.07, 6.45) is 2.44. The van der Waals surface area contributed by atoms with E-state index < -0.39 is 10.0 Å². The van der Waals surface area contributed by atoms with Gasteiger partial charge in [-0.05, 0) is 25.7 Å². The van der Waals surface area contributed by atoms with Crippen molar-refractivity contribution in [1.82, 2.24) is 14.5 Å². The predicted molar refractivity (Wildman–Crippen MR) is 61.9 cm³/mol. The Morgan fingerprint density at radius 1 is 1.59 bits per heavy atom. The Morgan fingerprint density at radius 3 is 2.71 bits per heavy atom. The zero-order valence-corrected chi connectivity index (χ0v) is 10.7. The third-order valence-corrected chi connectivity index (χ3v) is 5.14. The molecule has 0 saturated heterocycles. The number of aromatic nitrogens is 2. The minimum Gasteiger partial charge on any atom is -0.393 e. The Kier molecular flexibility index (Phi) is 3.24. The second kappa shape index (κ2) is 4.40. The lowest BCUT2D eigenvalue weighted by atomic mass is 9.82. The monoisotopic (exact) mass is 259 g/mol. The Labute approximate surface area is 101 Å². The molecular weight excluding hydrogens is 242 g/mol. The van der Waals surface area contributed by atoms with Gasteiger partial charge in [0.2, 0.25) is 10.0 Å². The molecule has 0 aromatic carbocycles. The van der Waals surface area contributed by atoms with Gasteiger partial charge in [-0.3, -0.25) is 5.10 Å². The van der Waals surface area contributed by atoms with Crippen molar-refractivity contribution in [2.24, 2.45) is 5.92 Å². The van der Waals surface area contributed by atoms with Gasteiger partial charge in [0, 0.05) is 13.6 Å². The molecular formula is C10H17N3O3S. The SMILES string of the molecule is Cc1[nH]ncc1S(=O)(=O)N(C)CC1CC(O)C1. The highest BCUT2D eigenvalue weighted by molar-refractivity contribution is 7.89. The van der Waals surface area contributed by atoms with Crippen LogP contribution in [0.5, 0.6) is 0 Å². The molecule has 17 heavy (non-hydrogen) atoms. The van der Waals surface area contributed by atoms with E-state index in [2.05, 4.69) is 10.2 Å². The van der Waals surface area contributed by atoms with E-state index in [4.69, 9.17) is 0 Å². The minimum atomic E-state index is -3.46. The summed E-state index contributed by atoms with van der Waals surface area (Å²) in [5, 5.41) is 15.5. The highest BCUT2D eigenvalue weighted by Gasteiger charge is 2.32. The summed E-state index contributed by atoms with van der Waals surface area (Å²) in [5.41, 5.74) is 0.547. The number of hydrogen-bond acceptors (Lipinski definition) is 4. The third kappa shape index (κ3) is 2.36. The van der Waals surface area contributed by atoms with Crippen LogP contribution in [0, 0.1) is 12.8 Å².